The maximum atomic E-state index is 10.3. The van der Waals surface area contributed by atoms with Crippen LogP contribution in [-0.4, -0.2) is 71.9 Å². The molecular formula is C9H10O12. The van der Waals surface area contributed by atoms with Crippen molar-refractivity contribution in [2.75, 3.05) is 0 Å². The van der Waals surface area contributed by atoms with E-state index in [2.05, 4.69) is 0 Å². The van der Waals surface area contributed by atoms with Crippen LogP contribution >= 0.6 is 0 Å². The van der Waals surface area contributed by atoms with Gasteiger partial charge in [-0.1, -0.05) is 0 Å². The molecule has 0 aliphatic heterocycles. The van der Waals surface area contributed by atoms with Crippen LogP contribution in [0.5, 0.6) is 0 Å². The number of rotatable bonds is 7. The first-order valence-electron chi connectivity index (χ1n) is 4.73. The molecule has 0 saturated carbocycles. The van der Waals surface area contributed by atoms with Crippen molar-refractivity contribution in [3.05, 3.63) is 0 Å². The summed E-state index contributed by atoms with van der Waals surface area (Å²) in [6.07, 6.45) is -2.29. The van der Waals surface area contributed by atoms with E-state index in [4.69, 9.17) is 30.6 Å². The highest BCUT2D eigenvalue weighted by molar-refractivity contribution is 6.59. The molecule has 0 heterocycles. The van der Waals surface area contributed by atoms with Crippen molar-refractivity contribution < 1.29 is 59.4 Å². The van der Waals surface area contributed by atoms with Crippen molar-refractivity contribution in [3.63, 3.8) is 0 Å². The Hall–Kier alpha value is -3.02. The summed E-state index contributed by atoms with van der Waals surface area (Å²) in [5, 5.41) is 49.1. The first kappa shape index (κ1) is 20.3. The molecule has 0 fully saturated rings. The van der Waals surface area contributed by atoms with E-state index in [1.165, 1.54) is 0 Å². The highest BCUT2D eigenvalue weighted by atomic mass is 16.4. The molecule has 0 aromatic rings. The minimum atomic E-state index is -2.74. The molecule has 0 aliphatic carbocycles. The molecule has 0 aromatic heterocycles. The molecule has 0 spiro atoms. The highest BCUT2D eigenvalue weighted by Crippen LogP contribution is 2.15. The van der Waals surface area contributed by atoms with Gasteiger partial charge in [0.1, 0.15) is 0 Å². The zero-order chi connectivity index (χ0) is 17.4. The van der Waals surface area contributed by atoms with Crippen LogP contribution < -0.4 is 0 Å². The van der Waals surface area contributed by atoms with E-state index in [9.17, 15) is 28.8 Å². The smallest absolute Gasteiger partial charge is 0.384 e. The van der Waals surface area contributed by atoms with E-state index in [0.29, 0.717) is 0 Å². The molecule has 0 saturated heterocycles. The minimum Gasteiger partial charge on any atom is -0.481 e. The minimum absolute atomic E-state index is 1.14. The Morgan fingerprint density at radius 3 is 1.05 bits per heavy atom. The Morgan fingerprint density at radius 1 is 0.667 bits per heavy atom. The lowest BCUT2D eigenvalue weighted by atomic mass is 9.96. The van der Waals surface area contributed by atoms with Crippen LogP contribution in [0.3, 0.4) is 0 Å². The summed E-state index contributed by atoms with van der Waals surface area (Å²) in [7, 11) is 0. The second-order valence-electron chi connectivity index (χ2n) is 3.42. The van der Waals surface area contributed by atoms with Gasteiger partial charge >= 0.3 is 35.6 Å². The molecule has 118 valence electrons. The van der Waals surface area contributed by atoms with E-state index < -0.39 is 54.1 Å². The van der Waals surface area contributed by atoms with Crippen molar-refractivity contribution in [1.29, 1.82) is 0 Å². The number of carbonyl (C=O) groups excluding carboxylic acids is 1. The predicted octanol–water partition coefficient (Wildman–Crippen LogP) is -2.52. The van der Waals surface area contributed by atoms with Gasteiger partial charge in [-0.25, -0.2) is 14.4 Å². The summed E-state index contributed by atoms with van der Waals surface area (Å²) in [6.45, 7) is 0. The monoisotopic (exact) mass is 310 g/mol. The standard InChI is InChI=1S/C6H8O7.C3H2O5/c7-3(8)1-6(13,5(11)12)2-4(9)10;4-1(2(5)6)3(7)8/h13H,1-2H2,(H,7,8)(H,9,10)(H,11,12);(H,5,6)(H,7,8). The van der Waals surface area contributed by atoms with Crippen LogP contribution in [-0.2, 0) is 28.8 Å². The molecule has 12 heteroatoms. The van der Waals surface area contributed by atoms with Gasteiger partial charge in [-0.3, -0.25) is 14.4 Å². The van der Waals surface area contributed by atoms with Crippen molar-refractivity contribution in [2.24, 2.45) is 0 Å². The lowest BCUT2D eigenvalue weighted by Gasteiger charge is -2.18. The van der Waals surface area contributed by atoms with E-state index >= 15 is 0 Å². The van der Waals surface area contributed by atoms with Gasteiger partial charge in [0.2, 0.25) is 0 Å². The fourth-order valence-corrected chi connectivity index (χ4v) is 0.806. The first-order chi connectivity index (χ1) is 9.33. The van der Waals surface area contributed by atoms with Gasteiger partial charge in [0.25, 0.3) is 0 Å². The molecule has 21 heavy (non-hydrogen) atoms. The lowest BCUT2D eigenvalue weighted by Crippen LogP contribution is -2.42. The average molecular weight is 310 g/mol. The van der Waals surface area contributed by atoms with Gasteiger partial charge in [0, 0.05) is 0 Å². The molecule has 0 unspecified atom stereocenters. The third-order valence-electron chi connectivity index (χ3n) is 1.67. The quantitative estimate of drug-likeness (QED) is 0.211. The molecule has 0 amide bonds. The van der Waals surface area contributed by atoms with E-state index in [1.807, 2.05) is 0 Å². The number of aliphatic hydroxyl groups is 1. The molecule has 0 rings (SSSR count). The molecule has 0 aromatic carbocycles. The van der Waals surface area contributed by atoms with Gasteiger partial charge in [-0.15, -0.1) is 0 Å². The van der Waals surface area contributed by atoms with Crippen molar-refractivity contribution in [3.8, 4) is 0 Å². The molecule has 6 N–H and O–H groups in total. The Balaban J connectivity index is 0. The van der Waals surface area contributed by atoms with Gasteiger partial charge in [0.15, 0.2) is 5.60 Å². The number of ketones is 1. The number of hydrogen-bond donors (Lipinski definition) is 6. The van der Waals surface area contributed by atoms with E-state index in [0.717, 1.165) is 0 Å². The second-order valence-corrected chi connectivity index (χ2v) is 3.42. The first-order valence-corrected chi connectivity index (χ1v) is 4.73. The number of carboxylic acids is 5. The van der Waals surface area contributed by atoms with Gasteiger partial charge in [-0.2, -0.15) is 0 Å². The predicted molar refractivity (Wildman–Crippen MR) is 57.4 cm³/mol. The maximum Gasteiger partial charge on any atom is 0.384 e. The normalized spacial score (nSPS) is 9.76. The van der Waals surface area contributed by atoms with Gasteiger partial charge in [-0.05, 0) is 0 Å². The van der Waals surface area contributed by atoms with Crippen LogP contribution in [0.25, 0.3) is 0 Å². The third kappa shape index (κ3) is 8.66. The number of carboxylic acid groups (broad SMARTS) is 5. The van der Waals surface area contributed by atoms with E-state index in [-0.39, 0.29) is 0 Å². The summed E-state index contributed by atoms with van der Waals surface area (Å²) in [4.78, 5) is 58.9. The van der Waals surface area contributed by atoms with Crippen molar-refractivity contribution >= 4 is 35.6 Å². The van der Waals surface area contributed by atoms with Crippen LogP contribution in [0.1, 0.15) is 12.8 Å². The Labute approximate surface area is 114 Å². The fourth-order valence-electron chi connectivity index (χ4n) is 0.806. The molecule has 0 radical (unpaired) electrons. The maximum absolute atomic E-state index is 10.3. The number of aliphatic carboxylic acids is 5. The molecule has 0 aliphatic rings. The van der Waals surface area contributed by atoms with Crippen LogP contribution in [0.15, 0.2) is 0 Å². The zero-order valence-electron chi connectivity index (χ0n) is 10.0. The molecule has 0 bridgehead atoms. The summed E-state index contributed by atoms with van der Waals surface area (Å²) in [5.74, 6) is -10.7. The Morgan fingerprint density at radius 2 is 0.952 bits per heavy atom. The Bertz CT molecular complexity index is 443. The topological polar surface area (TPSA) is 224 Å². The summed E-state index contributed by atoms with van der Waals surface area (Å²) >= 11 is 0. The summed E-state index contributed by atoms with van der Waals surface area (Å²) < 4.78 is 0. The summed E-state index contributed by atoms with van der Waals surface area (Å²) in [6, 6.07) is 0. The SMILES string of the molecule is O=C(O)C(=O)C(=O)O.O=C(O)CC(O)(CC(=O)O)C(=O)O. The lowest BCUT2D eigenvalue weighted by molar-refractivity contribution is -0.170. The van der Waals surface area contributed by atoms with Crippen LogP contribution in [0.2, 0.25) is 0 Å². The third-order valence-corrected chi connectivity index (χ3v) is 1.67. The van der Waals surface area contributed by atoms with Crippen LogP contribution in [0, 0.1) is 0 Å². The fraction of sp³-hybridized carbons (Fsp3) is 0.333. The van der Waals surface area contributed by atoms with Crippen LogP contribution in [0.4, 0.5) is 0 Å². The number of carbonyl (C=O) groups is 6. The zero-order valence-corrected chi connectivity index (χ0v) is 10.0. The van der Waals surface area contributed by atoms with E-state index in [1.54, 1.807) is 0 Å². The van der Waals surface area contributed by atoms with Gasteiger partial charge in [0.05, 0.1) is 12.8 Å². The Kier molecular flexibility index (Phi) is 7.94. The molecular weight excluding hydrogens is 300 g/mol. The average Bonchev–Trinajstić information content (AvgIpc) is 2.25. The van der Waals surface area contributed by atoms with Gasteiger partial charge < -0.3 is 30.6 Å². The van der Waals surface area contributed by atoms with Crippen molar-refractivity contribution in [2.45, 2.75) is 18.4 Å². The van der Waals surface area contributed by atoms with Crippen molar-refractivity contribution in [1.82, 2.24) is 0 Å². The molecule has 12 nitrogen and oxygen atoms in total. The largest absolute Gasteiger partial charge is 0.481 e. The second kappa shape index (κ2) is 8.21. The highest BCUT2D eigenvalue weighted by Gasteiger charge is 2.40. The summed E-state index contributed by atoms with van der Waals surface area (Å²) in [5.41, 5.74) is -2.74. The molecule has 0 atom stereocenters. The number of Topliss-reactive ketones (excluding diaryl/α,β-unsaturated/α-hetero) is 1. The number of hydrogen-bond acceptors (Lipinski definition) is 7.